The number of aromatic nitrogens is 2. The predicted molar refractivity (Wildman–Crippen MR) is 125 cm³/mol. The number of amides is 1. The Morgan fingerprint density at radius 2 is 1.77 bits per heavy atom. The Kier molecular flexibility index (Phi) is 7.76. The van der Waals surface area contributed by atoms with Gasteiger partial charge in [0, 0.05) is 38.3 Å². The van der Waals surface area contributed by atoms with E-state index in [0.29, 0.717) is 10.8 Å². The SMILES string of the molecule is CC(C)(C)OC(=O)NC1(CCN2CCN(c3nc(N)nc(Cl)c3Cl)CC2)CCCCC1. The summed E-state index contributed by atoms with van der Waals surface area (Å²) in [5.41, 5.74) is 5.06. The molecule has 1 aliphatic carbocycles. The second-order valence-electron chi connectivity index (χ2n) is 9.56. The van der Waals surface area contributed by atoms with E-state index < -0.39 is 5.60 Å². The van der Waals surface area contributed by atoms with E-state index >= 15 is 0 Å². The van der Waals surface area contributed by atoms with Crippen molar-refractivity contribution in [3.63, 3.8) is 0 Å². The number of carbonyl (C=O) groups excluding carboxylic acids is 1. The van der Waals surface area contributed by atoms with Gasteiger partial charge in [-0.3, -0.25) is 4.90 Å². The van der Waals surface area contributed by atoms with Crippen LogP contribution in [0.5, 0.6) is 0 Å². The molecule has 0 spiro atoms. The fourth-order valence-corrected chi connectivity index (χ4v) is 4.75. The molecule has 0 atom stereocenters. The van der Waals surface area contributed by atoms with Gasteiger partial charge in [-0.25, -0.2) is 4.79 Å². The number of carbonyl (C=O) groups is 1. The van der Waals surface area contributed by atoms with Crippen molar-refractivity contribution < 1.29 is 9.53 Å². The highest BCUT2D eigenvalue weighted by molar-refractivity contribution is 6.42. The van der Waals surface area contributed by atoms with E-state index in [9.17, 15) is 4.79 Å². The lowest BCUT2D eigenvalue weighted by Gasteiger charge is -2.41. The molecule has 2 fully saturated rings. The first-order valence-electron chi connectivity index (χ1n) is 11.0. The van der Waals surface area contributed by atoms with Crippen LogP contribution >= 0.6 is 23.2 Å². The van der Waals surface area contributed by atoms with E-state index in [0.717, 1.165) is 64.8 Å². The lowest BCUT2D eigenvalue weighted by atomic mass is 9.79. The first-order valence-corrected chi connectivity index (χ1v) is 11.8. The second kappa shape index (κ2) is 9.96. The summed E-state index contributed by atoms with van der Waals surface area (Å²) in [4.78, 5) is 25.2. The van der Waals surface area contributed by atoms with Gasteiger partial charge < -0.3 is 20.7 Å². The van der Waals surface area contributed by atoms with Gasteiger partial charge in [0.05, 0.1) is 0 Å². The average Bonchev–Trinajstić information content (AvgIpc) is 2.69. The van der Waals surface area contributed by atoms with Crippen LogP contribution in [0.15, 0.2) is 0 Å². The summed E-state index contributed by atoms with van der Waals surface area (Å²) in [6, 6.07) is 0. The molecule has 3 N–H and O–H groups in total. The van der Waals surface area contributed by atoms with Crippen molar-refractivity contribution >= 4 is 41.1 Å². The molecule has 31 heavy (non-hydrogen) atoms. The molecule has 10 heteroatoms. The van der Waals surface area contributed by atoms with Crippen LogP contribution in [0.4, 0.5) is 16.6 Å². The van der Waals surface area contributed by atoms with Crippen LogP contribution in [0.3, 0.4) is 0 Å². The first kappa shape index (κ1) is 24.1. The van der Waals surface area contributed by atoms with Crippen LogP contribution < -0.4 is 16.0 Å². The van der Waals surface area contributed by atoms with Gasteiger partial charge in [-0.1, -0.05) is 42.5 Å². The molecule has 2 heterocycles. The zero-order chi connectivity index (χ0) is 22.6. The van der Waals surface area contributed by atoms with Gasteiger partial charge in [0.2, 0.25) is 5.95 Å². The fraction of sp³-hybridized carbons (Fsp3) is 0.762. The van der Waals surface area contributed by atoms with Gasteiger partial charge in [-0.2, -0.15) is 9.97 Å². The number of hydrogen-bond acceptors (Lipinski definition) is 7. The number of nitrogens with two attached hydrogens (primary N) is 1. The maximum absolute atomic E-state index is 12.5. The molecule has 3 rings (SSSR count). The monoisotopic (exact) mass is 472 g/mol. The minimum absolute atomic E-state index is 0.124. The van der Waals surface area contributed by atoms with Crippen molar-refractivity contribution in [3.05, 3.63) is 10.2 Å². The average molecular weight is 473 g/mol. The molecule has 1 aromatic heterocycles. The highest BCUT2D eigenvalue weighted by Gasteiger charge is 2.35. The summed E-state index contributed by atoms with van der Waals surface area (Å²) in [5.74, 6) is 0.716. The smallest absolute Gasteiger partial charge is 0.408 e. The van der Waals surface area contributed by atoms with E-state index in [2.05, 4.69) is 25.1 Å². The van der Waals surface area contributed by atoms with E-state index in [4.69, 9.17) is 33.7 Å². The molecule has 8 nitrogen and oxygen atoms in total. The van der Waals surface area contributed by atoms with Crippen LogP contribution in [0.25, 0.3) is 0 Å². The normalized spacial score (nSPS) is 19.8. The lowest BCUT2D eigenvalue weighted by Crippen LogP contribution is -2.54. The van der Waals surface area contributed by atoms with Crippen molar-refractivity contribution in [2.75, 3.05) is 43.4 Å². The van der Waals surface area contributed by atoms with Gasteiger partial charge in [-0.15, -0.1) is 0 Å². The van der Waals surface area contributed by atoms with Crippen LogP contribution in [-0.4, -0.2) is 64.8 Å². The Morgan fingerprint density at radius 1 is 1.13 bits per heavy atom. The Morgan fingerprint density at radius 3 is 2.39 bits per heavy atom. The summed E-state index contributed by atoms with van der Waals surface area (Å²) in [5, 5.41) is 3.74. The number of hydrogen-bond donors (Lipinski definition) is 2. The molecule has 174 valence electrons. The van der Waals surface area contributed by atoms with Crippen LogP contribution in [0, 0.1) is 0 Å². The molecule has 1 amide bonds. The molecule has 1 saturated carbocycles. The summed E-state index contributed by atoms with van der Waals surface area (Å²) >= 11 is 12.3. The number of anilines is 2. The topological polar surface area (TPSA) is 96.6 Å². The molecule has 0 radical (unpaired) electrons. The van der Waals surface area contributed by atoms with Gasteiger partial charge in [0.1, 0.15) is 10.6 Å². The molecule has 1 aromatic rings. The number of piperazine rings is 1. The number of alkyl carbamates (subject to hydrolysis) is 1. The van der Waals surface area contributed by atoms with Crippen molar-refractivity contribution in [3.8, 4) is 0 Å². The van der Waals surface area contributed by atoms with E-state index in [1.807, 2.05) is 20.8 Å². The van der Waals surface area contributed by atoms with E-state index in [1.54, 1.807) is 0 Å². The highest BCUT2D eigenvalue weighted by Crippen LogP contribution is 2.33. The van der Waals surface area contributed by atoms with Crippen molar-refractivity contribution in [1.82, 2.24) is 20.2 Å². The lowest BCUT2D eigenvalue weighted by molar-refractivity contribution is 0.0403. The maximum Gasteiger partial charge on any atom is 0.408 e. The van der Waals surface area contributed by atoms with E-state index in [-0.39, 0.29) is 22.7 Å². The largest absolute Gasteiger partial charge is 0.444 e. The fourth-order valence-electron chi connectivity index (χ4n) is 4.38. The third-order valence-corrected chi connectivity index (χ3v) is 6.68. The minimum atomic E-state index is -0.495. The standard InChI is InChI=1S/C21H34Cl2N6O2/c1-20(2,3)31-19(30)27-21(7-5-4-6-8-21)9-10-28-11-13-29(14-12-28)17-15(22)16(23)25-18(24)26-17/h4-14H2,1-3H3,(H,27,30)(H2,24,25,26). The number of nitrogens with zero attached hydrogens (tertiary/aromatic N) is 4. The Labute approximate surface area is 194 Å². The van der Waals surface area contributed by atoms with Gasteiger partial charge in [0.15, 0.2) is 11.0 Å². The Balaban J connectivity index is 1.56. The number of rotatable bonds is 5. The quantitative estimate of drug-likeness (QED) is 0.622. The third kappa shape index (κ3) is 6.73. The van der Waals surface area contributed by atoms with Crippen molar-refractivity contribution in [2.45, 2.75) is 70.4 Å². The molecular formula is C21H34Cl2N6O2. The second-order valence-corrected chi connectivity index (χ2v) is 10.3. The molecule has 1 aliphatic heterocycles. The molecular weight excluding hydrogens is 439 g/mol. The van der Waals surface area contributed by atoms with Crippen LogP contribution in [0.1, 0.15) is 59.3 Å². The molecule has 0 unspecified atom stereocenters. The molecule has 2 aliphatic rings. The van der Waals surface area contributed by atoms with Crippen molar-refractivity contribution in [2.24, 2.45) is 0 Å². The predicted octanol–water partition coefficient (Wildman–Crippen LogP) is 4.11. The molecule has 1 saturated heterocycles. The van der Waals surface area contributed by atoms with Crippen LogP contribution in [0.2, 0.25) is 10.2 Å². The Hall–Kier alpha value is -1.51. The van der Waals surface area contributed by atoms with Gasteiger partial charge in [-0.05, 0) is 40.0 Å². The summed E-state index contributed by atoms with van der Waals surface area (Å²) in [7, 11) is 0. The summed E-state index contributed by atoms with van der Waals surface area (Å²) in [6.07, 6.45) is 6.10. The third-order valence-electron chi connectivity index (χ3n) is 5.97. The number of nitrogens with one attached hydrogen (secondary N) is 1. The molecule has 0 aromatic carbocycles. The summed E-state index contributed by atoms with van der Waals surface area (Å²) in [6.45, 7) is 9.90. The van der Waals surface area contributed by atoms with Gasteiger partial charge in [0.25, 0.3) is 0 Å². The minimum Gasteiger partial charge on any atom is -0.444 e. The summed E-state index contributed by atoms with van der Waals surface area (Å²) < 4.78 is 5.53. The van der Waals surface area contributed by atoms with Gasteiger partial charge >= 0.3 is 6.09 Å². The van der Waals surface area contributed by atoms with Crippen molar-refractivity contribution in [1.29, 1.82) is 0 Å². The molecule has 0 bridgehead atoms. The zero-order valence-corrected chi connectivity index (χ0v) is 20.2. The number of halogens is 2. The highest BCUT2D eigenvalue weighted by atomic mass is 35.5. The van der Waals surface area contributed by atoms with E-state index in [1.165, 1.54) is 6.42 Å². The maximum atomic E-state index is 12.5. The first-order chi connectivity index (χ1) is 14.6. The zero-order valence-electron chi connectivity index (χ0n) is 18.7. The number of nitrogen functional groups attached to an aromatic ring is 1. The number of ether oxygens (including phenoxy) is 1. The van der Waals surface area contributed by atoms with Crippen LogP contribution in [-0.2, 0) is 4.74 Å². The Bertz CT molecular complexity index is 772.